The van der Waals surface area contributed by atoms with Crippen molar-refractivity contribution in [3.63, 3.8) is 0 Å². The van der Waals surface area contributed by atoms with Crippen molar-refractivity contribution in [3.8, 4) is 0 Å². The Bertz CT molecular complexity index is 543. The van der Waals surface area contributed by atoms with E-state index < -0.39 is 0 Å². The molecule has 1 saturated heterocycles. The third-order valence-corrected chi connectivity index (χ3v) is 3.58. The summed E-state index contributed by atoms with van der Waals surface area (Å²) in [6.07, 6.45) is 9.43. The molecule has 2 aromatic heterocycles. The summed E-state index contributed by atoms with van der Waals surface area (Å²) in [5.74, 6) is 1.26. The van der Waals surface area contributed by atoms with Crippen LogP contribution in [0.1, 0.15) is 30.0 Å². The summed E-state index contributed by atoms with van der Waals surface area (Å²) in [7, 11) is 0. The molecule has 0 saturated carbocycles. The molecule has 0 radical (unpaired) electrons. The van der Waals surface area contributed by atoms with Gasteiger partial charge in [-0.3, -0.25) is 0 Å². The van der Waals surface area contributed by atoms with E-state index in [1.165, 1.54) is 12.0 Å². The number of rotatable bonds is 2. The molecule has 1 aliphatic rings. The van der Waals surface area contributed by atoms with Crippen LogP contribution >= 0.6 is 0 Å². The van der Waals surface area contributed by atoms with Gasteiger partial charge in [-0.15, -0.1) is 0 Å². The first kappa shape index (κ1) is 12.0. The minimum atomic E-state index is 0.445. The van der Waals surface area contributed by atoms with Crippen LogP contribution in [0.2, 0.25) is 0 Å². The lowest BCUT2D eigenvalue weighted by atomic mass is 9.92. The molecular weight excluding hydrogens is 238 g/mol. The third-order valence-electron chi connectivity index (χ3n) is 3.58. The fourth-order valence-corrected chi connectivity index (χ4v) is 2.67. The summed E-state index contributed by atoms with van der Waals surface area (Å²) >= 11 is 0. The summed E-state index contributed by atoms with van der Waals surface area (Å²) in [4.78, 5) is 19.4. The molecule has 0 aliphatic carbocycles. The number of piperidine rings is 1. The smallest absolute Gasteiger partial charge is 0.225 e. The van der Waals surface area contributed by atoms with Crippen LogP contribution in [0.25, 0.3) is 0 Å². The van der Waals surface area contributed by atoms with Gasteiger partial charge in [0.05, 0.1) is 5.69 Å². The Kier molecular flexibility index (Phi) is 3.35. The molecule has 0 N–H and O–H groups in total. The topological polar surface area (TPSA) is 54.8 Å². The average Bonchev–Trinajstić information content (AvgIpc) is 2.49. The van der Waals surface area contributed by atoms with E-state index in [0.29, 0.717) is 5.92 Å². The number of aryl methyl sites for hydroxylation is 1. The Labute approximate surface area is 112 Å². The first-order valence-corrected chi connectivity index (χ1v) is 6.63. The van der Waals surface area contributed by atoms with Crippen molar-refractivity contribution in [2.75, 3.05) is 18.0 Å². The van der Waals surface area contributed by atoms with Gasteiger partial charge < -0.3 is 4.90 Å². The van der Waals surface area contributed by atoms with E-state index in [1.54, 1.807) is 18.7 Å². The van der Waals surface area contributed by atoms with Crippen molar-refractivity contribution in [2.24, 2.45) is 0 Å². The molecule has 0 unspecified atom stereocenters. The van der Waals surface area contributed by atoms with Crippen LogP contribution in [0.15, 0.2) is 31.0 Å². The van der Waals surface area contributed by atoms with E-state index in [-0.39, 0.29) is 0 Å². The fraction of sp³-hybridized carbons (Fsp3) is 0.429. The lowest BCUT2D eigenvalue weighted by Crippen LogP contribution is -2.36. The monoisotopic (exact) mass is 255 g/mol. The Hall–Kier alpha value is -2.04. The molecule has 3 heterocycles. The first-order chi connectivity index (χ1) is 9.34. The van der Waals surface area contributed by atoms with E-state index in [2.05, 4.69) is 31.8 Å². The number of anilines is 1. The number of aromatic nitrogens is 4. The quantitative estimate of drug-likeness (QED) is 0.821. The van der Waals surface area contributed by atoms with Crippen molar-refractivity contribution in [3.05, 3.63) is 42.2 Å². The van der Waals surface area contributed by atoms with Gasteiger partial charge in [0.15, 0.2) is 0 Å². The maximum Gasteiger partial charge on any atom is 0.225 e. The highest BCUT2D eigenvalue weighted by Gasteiger charge is 2.24. The lowest BCUT2D eigenvalue weighted by molar-refractivity contribution is 0.492. The maximum atomic E-state index is 4.45. The van der Waals surface area contributed by atoms with Crippen LogP contribution in [0.3, 0.4) is 0 Å². The molecule has 5 nitrogen and oxygen atoms in total. The average molecular weight is 255 g/mol. The SMILES string of the molecule is Cc1cncnc1[C@H]1CCCN(c2ncccn2)C1. The lowest BCUT2D eigenvalue weighted by Gasteiger charge is -2.32. The van der Waals surface area contributed by atoms with Gasteiger partial charge in [0.25, 0.3) is 0 Å². The van der Waals surface area contributed by atoms with E-state index in [0.717, 1.165) is 31.2 Å². The zero-order valence-electron chi connectivity index (χ0n) is 11.0. The van der Waals surface area contributed by atoms with E-state index >= 15 is 0 Å². The highest BCUT2D eigenvalue weighted by Crippen LogP contribution is 2.28. The first-order valence-electron chi connectivity index (χ1n) is 6.63. The van der Waals surface area contributed by atoms with Crippen LogP contribution in [0.4, 0.5) is 5.95 Å². The predicted molar refractivity (Wildman–Crippen MR) is 73.0 cm³/mol. The Morgan fingerprint density at radius 1 is 1.21 bits per heavy atom. The van der Waals surface area contributed by atoms with Crippen LogP contribution in [0.5, 0.6) is 0 Å². The largest absolute Gasteiger partial charge is 0.340 e. The van der Waals surface area contributed by atoms with Gasteiger partial charge in [-0.05, 0) is 31.4 Å². The molecule has 1 atom stereocenters. The molecule has 2 aromatic rings. The van der Waals surface area contributed by atoms with Crippen molar-refractivity contribution in [2.45, 2.75) is 25.7 Å². The van der Waals surface area contributed by atoms with E-state index in [9.17, 15) is 0 Å². The van der Waals surface area contributed by atoms with Crippen LogP contribution in [0, 0.1) is 6.92 Å². The van der Waals surface area contributed by atoms with E-state index in [1.807, 2.05) is 12.3 Å². The molecule has 1 aliphatic heterocycles. The normalized spacial score (nSPS) is 19.4. The van der Waals surface area contributed by atoms with Gasteiger partial charge in [-0.1, -0.05) is 0 Å². The fourth-order valence-electron chi connectivity index (χ4n) is 2.67. The molecule has 1 fully saturated rings. The van der Waals surface area contributed by atoms with Gasteiger partial charge in [0.2, 0.25) is 5.95 Å². The highest BCUT2D eigenvalue weighted by molar-refractivity contribution is 5.32. The minimum Gasteiger partial charge on any atom is -0.340 e. The van der Waals surface area contributed by atoms with Gasteiger partial charge in [-0.25, -0.2) is 19.9 Å². The Balaban J connectivity index is 1.81. The van der Waals surface area contributed by atoms with Crippen molar-refractivity contribution in [1.29, 1.82) is 0 Å². The van der Waals surface area contributed by atoms with Crippen LogP contribution in [-0.4, -0.2) is 33.0 Å². The molecule has 3 rings (SSSR count). The summed E-state index contributed by atoms with van der Waals surface area (Å²) < 4.78 is 0. The highest BCUT2D eigenvalue weighted by atomic mass is 15.2. The zero-order chi connectivity index (χ0) is 13.1. The van der Waals surface area contributed by atoms with Crippen molar-refractivity contribution >= 4 is 5.95 Å². The third kappa shape index (κ3) is 2.54. The van der Waals surface area contributed by atoms with Gasteiger partial charge in [0.1, 0.15) is 6.33 Å². The summed E-state index contributed by atoms with van der Waals surface area (Å²) in [6.45, 7) is 4.03. The summed E-state index contributed by atoms with van der Waals surface area (Å²) in [6, 6.07) is 1.85. The minimum absolute atomic E-state index is 0.445. The molecule has 0 aromatic carbocycles. The molecule has 0 spiro atoms. The zero-order valence-corrected chi connectivity index (χ0v) is 11.0. The molecule has 0 bridgehead atoms. The maximum absolute atomic E-state index is 4.45. The predicted octanol–water partition coefficient (Wildman–Crippen LogP) is 1.96. The number of hydrogen-bond donors (Lipinski definition) is 0. The molecule has 5 heteroatoms. The van der Waals surface area contributed by atoms with Gasteiger partial charge in [0, 0.05) is 37.6 Å². The van der Waals surface area contributed by atoms with Gasteiger partial charge >= 0.3 is 0 Å². The second-order valence-electron chi connectivity index (χ2n) is 4.92. The molecule has 19 heavy (non-hydrogen) atoms. The van der Waals surface area contributed by atoms with Crippen molar-refractivity contribution < 1.29 is 0 Å². The van der Waals surface area contributed by atoms with Gasteiger partial charge in [-0.2, -0.15) is 0 Å². The molecule has 0 amide bonds. The summed E-state index contributed by atoms with van der Waals surface area (Å²) in [5.41, 5.74) is 2.33. The summed E-state index contributed by atoms with van der Waals surface area (Å²) in [5, 5.41) is 0. The molecule has 98 valence electrons. The second-order valence-corrected chi connectivity index (χ2v) is 4.92. The number of nitrogens with zero attached hydrogens (tertiary/aromatic N) is 5. The standard InChI is InChI=1S/C14H17N5/c1-11-8-15-10-18-13(11)12-4-2-7-19(9-12)14-16-5-3-6-17-14/h3,5-6,8,10,12H,2,4,7,9H2,1H3/t12-/m0/s1. The van der Waals surface area contributed by atoms with Crippen LogP contribution in [-0.2, 0) is 0 Å². The van der Waals surface area contributed by atoms with Crippen LogP contribution < -0.4 is 4.90 Å². The van der Waals surface area contributed by atoms with E-state index in [4.69, 9.17) is 0 Å². The molecular formula is C14H17N5. The number of hydrogen-bond acceptors (Lipinski definition) is 5. The second kappa shape index (κ2) is 5.30. The Morgan fingerprint density at radius 3 is 2.84 bits per heavy atom. The Morgan fingerprint density at radius 2 is 2.05 bits per heavy atom. The van der Waals surface area contributed by atoms with Crippen molar-refractivity contribution in [1.82, 2.24) is 19.9 Å².